The van der Waals surface area contributed by atoms with Gasteiger partial charge in [-0.15, -0.1) is 5.10 Å². The minimum Gasteiger partial charge on any atom is -0.494 e. The lowest BCUT2D eigenvalue weighted by Crippen LogP contribution is -2.32. The van der Waals surface area contributed by atoms with Crippen molar-refractivity contribution in [2.75, 3.05) is 18.1 Å². The predicted octanol–water partition coefficient (Wildman–Crippen LogP) is 5.21. The van der Waals surface area contributed by atoms with Crippen LogP contribution in [0.2, 0.25) is 0 Å². The molecular formula is C27H27BrN4O3S. The van der Waals surface area contributed by atoms with Gasteiger partial charge in [0.1, 0.15) is 10.3 Å². The summed E-state index contributed by atoms with van der Waals surface area (Å²) >= 11 is 4.70. The Morgan fingerprint density at radius 3 is 2.53 bits per heavy atom. The zero-order chi connectivity index (χ0) is 25.2. The molecule has 1 aliphatic rings. The van der Waals surface area contributed by atoms with E-state index in [9.17, 15) is 9.59 Å². The third-order valence-electron chi connectivity index (χ3n) is 6.19. The van der Waals surface area contributed by atoms with Crippen LogP contribution in [-0.4, -0.2) is 33.7 Å². The molecule has 9 heteroatoms. The summed E-state index contributed by atoms with van der Waals surface area (Å²) in [6, 6.07) is 13.3. The van der Waals surface area contributed by atoms with E-state index in [0.717, 1.165) is 39.9 Å². The van der Waals surface area contributed by atoms with Gasteiger partial charge in [-0.05, 0) is 55.3 Å². The largest absolute Gasteiger partial charge is 0.494 e. The van der Waals surface area contributed by atoms with Gasteiger partial charge in [0.2, 0.25) is 4.96 Å². The van der Waals surface area contributed by atoms with Crippen molar-refractivity contribution in [3.63, 3.8) is 0 Å². The Hall–Kier alpha value is -3.04. The highest BCUT2D eigenvalue weighted by Gasteiger charge is 2.34. The molecule has 1 aliphatic heterocycles. The van der Waals surface area contributed by atoms with Crippen molar-refractivity contribution in [2.45, 2.75) is 46.0 Å². The lowest BCUT2D eigenvalue weighted by atomic mass is 10.1. The quantitative estimate of drug-likeness (QED) is 0.260. The van der Waals surface area contributed by atoms with Gasteiger partial charge in [0, 0.05) is 22.1 Å². The number of fused-ring (bicyclic) bond motifs is 2. The molecule has 0 spiro atoms. The smallest absolute Gasteiger partial charge is 0.291 e. The van der Waals surface area contributed by atoms with E-state index in [1.807, 2.05) is 49.4 Å². The van der Waals surface area contributed by atoms with E-state index >= 15 is 0 Å². The molecule has 186 valence electrons. The van der Waals surface area contributed by atoms with Crippen LogP contribution in [0.3, 0.4) is 0 Å². The van der Waals surface area contributed by atoms with Gasteiger partial charge in [0.05, 0.1) is 17.9 Å². The normalized spacial score (nSPS) is 14.6. The minimum absolute atomic E-state index is 0.156. The van der Waals surface area contributed by atoms with Crippen LogP contribution in [0.1, 0.15) is 51.5 Å². The number of anilines is 1. The number of ether oxygens (including phenoxy) is 1. The van der Waals surface area contributed by atoms with Gasteiger partial charge in [-0.1, -0.05) is 60.4 Å². The molecule has 0 bridgehead atoms. The number of carbonyl (C=O) groups is 1. The van der Waals surface area contributed by atoms with Crippen molar-refractivity contribution in [2.24, 2.45) is 0 Å². The van der Waals surface area contributed by atoms with Gasteiger partial charge in [0.15, 0.2) is 5.82 Å². The van der Waals surface area contributed by atoms with Gasteiger partial charge in [-0.2, -0.15) is 9.50 Å². The maximum absolute atomic E-state index is 13.4. The van der Waals surface area contributed by atoms with Gasteiger partial charge < -0.3 is 9.64 Å². The molecule has 0 N–H and O–H groups in total. The molecule has 36 heavy (non-hydrogen) atoms. The summed E-state index contributed by atoms with van der Waals surface area (Å²) in [5.74, 6) is 1.12. The van der Waals surface area contributed by atoms with E-state index in [4.69, 9.17) is 4.74 Å². The van der Waals surface area contributed by atoms with Crippen LogP contribution in [0.15, 0.2) is 51.7 Å². The van der Waals surface area contributed by atoms with Gasteiger partial charge in [-0.25, -0.2) is 0 Å². The van der Waals surface area contributed by atoms with Gasteiger partial charge in [0.25, 0.3) is 11.5 Å². The Kier molecular flexibility index (Phi) is 7.20. The molecule has 1 amide bonds. The molecule has 0 saturated heterocycles. The maximum Gasteiger partial charge on any atom is 0.291 e. The maximum atomic E-state index is 13.4. The summed E-state index contributed by atoms with van der Waals surface area (Å²) in [4.78, 5) is 33.5. The molecule has 7 nitrogen and oxygen atoms in total. The van der Waals surface area contributed by atoms with E-state index in [2.05, 4.69) is 32.9 Å². The fourth-order valence-electron chi connectivity index (χ4n) is 4.40. The molecule has 0 atom stereocenters. The van der Waals surface area contributed by atoms with Crippen molar-refractivity contribution in [1.29, 1.82) is 0 Å². The van der Waals surface area contributed by atoms with E-state index in [1.54, 1.807) is 4.90 Å². The van der Waals surface area contributed by atoms with E-state index in [0.29, 0.717) is 34.0 Å². The fraction of sp³-hybridized carbons (Fsp3) is 0.333. The summed E-state index contributed by atoms with van der Waals surface area (Å²) in [6.45, 7) is 5.51. The Bertz CT molecular complexity index is 1530. The molecule has 0 unspecified atom stereocenters. The van der Waals surface area contributed by atoms with Crippen LogP contribution in [0.25, 0.3) is 21.9 Å². The molecule has 0 radical (unpaired) electrons. The Labute approximate surface area is 221 Å². The molecule has 0 fully saturated rings. The second-order valence-corrected chi connectivity index (χ2v) is 10.7. The van der Waals surface area contributed by atoms with Crippen LogP contribution < -0.4 is 19.7 Å². The number of thiazole rings is 1. The summed E-state index contributed by atoms with van der Waals surface area (Å²) in [5, 5.41) is 4.47. The Morgan fingerprint density at radius 1 is 1.00 bits per heavy atom. The number of carbonyl (C=O) groups excluding carboxylic acids is 1. The van der Waals surface area contributed by atoms with E-state index < -0.39 is 0 Å². The highest BCUT2D eigenvalue weighted by Crippen LogP contribution is 2.37. The van der Waals surface area contributed by atoms with Crippen LogP contribution >= 0.6 is 27.3 Å². The molecule has 0 saturated carbocycles. The summed E-state index contributed by atoms with van der Waals surface area (Å²) in [7, 11) is 0. The second-order valence-electron chi connectivity index (χ2n) is 8.79. The minimum atomic E-state index is -0.326. The molecular weight excluding hydrogens is 540 g/mol. The monoisotopic (exact) mass is 566 g/mol. The number of nitrogens with zero attached hydrogens (tertiary/aromatic N) is 4. The number of amides is 1. The summed E-state index contributed by atoms with van der Waals surface area (Å²) < 4.78 is 8.34. The summed E-state index contributed by atoms with van der Waals surface area (Å²) in [6.07, 6.45) is 5.47. The molecule has 0 aliphatic carbocycles. The van der Waals surface area contributed by atoms with E-state index in [1.165, 1.54) is 35.1 Å². The zero-order valence-corrected chi connectivity index (χ0v) is 22.7. The first-order chi connectivity index (χ1) is 17.5. The van der Waals surface area contributed by atoms with Crippen molar-refractivity contribution in [1.82, 2.24) is 14.6 Å². The van der Waals surface area contributed by atoms with Crippen molar-refractivity contribution in [3.05, 3.63) is 67.4 Å². The Balaban J connectivity index is 1.46. The molecule has 3 heterocycles. The van der Waals surface area contributed by atoms with Gasteiger partial charge in [-0.3, -0.25) is 9.59 Å². The first-order valence-electron chi connectivity index (χ1n) is 12.3. The number of benzene rings is 2. The van der Waals surface area contributed by atoms with Crippen molar-refractivity contribution in [3.8, 4) is 17.1 Å². The molecule has 2 aromatic heterocycles. The molecule has 5 rings (SSSR count). The van der Waals surface area contributed by atoms with Crippen LogP contribution in [0.4, 0.5) is 5.69 Å². The second kappa shape index (κ2) is 10.5. The average Bonchev–Trinajstić information content (AvgIpc) is 3.50. The standard InChI is InChI=1S/C27H27BrN4O3S/c1-3-5-6-7-15-35-19-11-8-17(9-12-19)24-29-27-32(30-24)26(34)23(36-27)22-20-16-18(28)10-13-21(20)31(14-4-2)25(22)33/h8-13,16H,3-7,14-15H2,1-2H3. The SMILES string of the molecule is CCCCCCOc1ccc(-c2nc3sc(=C4C(=O)N(CCC)c5ccc(Br)cc54)c(=O)n3n2)cc1. The number of aromatic nitrogens is 3. The first-order valence-corrected chi connectivity index (χ1v) is 13.9. The van der Waals surface area contributed by atoms with Gasteiger partial charge >= 0.3 is 0 Å². The average molecular weight is 568 g/mol. The van der Waals surface area contributed by atoms with E-state index in [-0.39, 0.29) is 11.5 Å². The third kappa shape index (κ3) is 4.57. The van der Waals surface area contributed by atoms with Crippen molar-refractivity contribution < 1.29 is 9.53 Å². The number of unbranched alkanes of at least 4 members (excludes halogenated alkanes) is 3. The van der Waals surface area contributed by atoms with Crippen LogP contribution in [0, 0.1) is 0 Å². The number of hydrogen-bond donors (Lipinski definition) is 0. The number of rotatable bonds is 9. The number of halogens is 1. The first kappa shape index (κ1) is 24.6. The Morgan fingerprint density at radius 2 is 1.81 bits per heavy atom. The number of hydrogen-bond acceptors (Lipinski definition) is 6. The highest BCUT2D eigenvalue weighted by atomic mass is 79.9. The highest BCUT2D eigenvalue weighted by molar-refractivity contribution is 9.10. The molecule has 2 aromatic carbocycles. The lowest BCUT2D eigenvalue weighted by molar-refractivity contribution is -0.113. The topological polar surface area (TPSA) is 76.8 Å². The predicted molar refractivity (Wildman–Crippen MR) is 147 cm³/mol. The fourth-order valence-corrected chi connectivity index (χ4v) is 5.75. The zero-order valence-electron chi connectivity index (χ0n) is 20.3. The lowest BCUT2D eigenvalue weighted by Gasteiger charge is -2.15. The van der Waals surface area contributed by atoms with Crippen LogP contribution in [0.5, 0.6) is 5.75 Å². The summed E-state index contributed by atoms with van der Waals surface area (Å²) in [5.41, 5.74) is 2.48. The van der Waals surface area contributed by atoms with Crippen LogP contribution in [-0.2, 0) is 4.79 Å². The van der Waals surface area contributed by atoms with Crippen molar-refractivity contribution >= 4 is 49.4 Å². The molecule has 4 aromatic rings. The third-order valence-corrected chi connectivity index (χ3v) is 7.71.